The first-order valence-electron chi connectivity index (χ1n) is 10.6. The second-order valence-electron chi connectivity index (χ2n) is 7.96. The van der Waals surface area contributed by atoms with E-state index in [0.29, 0.717) is 35.0 Å². The molecule has 0 saturated heterocycles. The van der Waals surface area contributed by atoms with Crippen molar-refractivity contribution in [3.63, 3.8) is 0 Å². The van der Waals surface area contributed by atoms with Gasteiger partial charge in [0.15, 0.2) is 0 Å². The Hall–Kier alpha value is -3.45. The van der Waals surface area contributed by atoms with E-state index < -0.39 is 5.54 Å². The smallest absolute Gasteiger partial charge is 0.256 e. The van der Waals surface area contributed by atoms with Crippen LogP contribution in [0.1, 0.15) is 22.8 Å². The Labute approximate surface area is 197 Å². The van der Waals surface area contributed by atoms with Crippen molar-refractivity contribution in [3.8, 4) is 11.5 Å². The summed E-state index contributed by atoms with van der Waals surface area (Å²) < 4.78 is 10.7. The highest BCUT2D eigenvalue weighted by molar-refractivity contribution is 7.99. The summed E-state index contributed by atoms with van der Waals surface area (Å²) in [6.07, 6.45) is 0. The number of benzene rings is 3. The van der Waals surface area contributed by atoms with Crippen LogP contribution >= 0.6 is 11.8 Å². The van der Waals surface area contributed by atoms with Crippen LogP contribution in [0.4, 0.5) is 5.69 Å². The highest BCUT2D eigenvalue weighted by atomic mass is 32.2. The number of thioether (sulfide) groups is 1. The van der Waals surface area contributed by atoms with Crippen molar-refractivity contribution in [2.24, 2.45) is 0 Å². The molecule has 7 heteroatoms. The van der Waals surface area contributed by atoms with Crippen LogP contribution in [0.2, 0.25) is 0 Å². The second kappa shape index (κ2) is 9.58. The molecule has 0 fully saturated rings. The van der Waals surface area contributed by atoms with Gasteiger partial charge in [-0.25, -0.2) is 0 Å². The van der Waals surface area contributed by atoms with Crippen molar-refractivity contribution >= 4 is 29.3 Å². The lowest BCUT2D eigenvalue weighted by atomic mass is 9.98. The van der Waals surface area contributed by atoms with Crippen molar-refractivity contribution in [1.82, 2.24) is 4.90 Å². The molecule has 1 aliphatic heterocycles. The number of nitrogens with one attached hydrogen (secondary N) is 1. The summed E-state index contributed by atoms with van der Waals surface area (Å²) in [7, 11) is 3.11. The first kappa shape index (κ1) is 22.7. The van der Waals surface area contributed by atoms with Gasteiger partial charge in [-0.2, -0.15) is 0 Å². The van der Waals surface area contributed by atoms with Crippen molar-refractivity contribution < 1.29 is 19.1 Å². The van der Waals surface area contributed by atoms with E-state index in [9.17, 15) is 9.59 Å². The minimum absolute atomic E-state index is 0.168. The summed E-state index contributed by atoms with van der Waals surface area (Å²) in [5, 5.41) is 2.99. The fraction of sp³-hybridized carbons (Fsp3) is 0.231. The first-order valence-corrected chi connectivity index (χ1v) is 11.6. The third-order valence-electron chi connectivity index (χ3n) is 5.80. The molecule has 6 nitrogen and oxygen atoms in total. The first-order chi connectivity index (χ1) is 16.0. The summed E-state index contributed by atoms with van der Waals surface area (Å²) in [6.45, 7) is 2.14. The van der Waals surface area contributed by atoms with E-state index in [2.05, 4.69) is 5.32 Å². The van der Waals surface area contributed by atoms with Gasteiger partial charge >= 0.3 is 0 Å². The minimum atomic E-state index is -1.11. The Balaban J connectivity index is 1.72. The highest BCUT2D eigenvalue weighted by Gasteiger charge is 2.45. The monoisotopic (exact) mass is 462 g/mol. The number of hydrogen-bond donors (Lipinski definition) is 1. The predicted molar refractivity (Wildman–Crippen MR) is 130 cm³/mol. The SMILES string of the molecule is COc1ccc(NC(=O)[C@]2(C)CSc3ccccc3C(=O)N2Cc2ccccc2)c(OC)c1. The predicted octanol–water partition coefficient (Wildman–Crippen LogP) is 4.85. The summed E-state index contributed by atoms with van der Waals surface area (Å²) in [5.74, 6) is 1.07. The number of ether oxygens (including phenoxy) is 2. The van der Waals surface area contributed by atoms with Gasteiger partial charge in [0.05, 0.1) is 25.5 Å². The molecule has 0 bridgehead atoms. The molecule has 1 N–H and O–H groups in total. The van der Waals surface area contributed by atoms with E-state index in [1.807, 2.05) is 61.5 Å². The molecule has 3 aromatic carbocycles. The Kier molecular flexibility index (Phi) is 6.60. The highest BCUT2D eigenvalue weighted by Crippen LogP contribution is 2.37. The molecule has 33 heavy (non-hydrogen) atoms. The summed E-state index contributed by atoms with van der Waals surface area (Å²) in [5.41, 5.74) is 0.971. The van der Waals surface area contributed by atoms with Crippen LogP contribution in [-0.4, -0.2) is 42.2 Å². The van der Waals surface area contributed by atoms with E-state index >= 15 is 0 Å². The van der Waals surface area contributed by atoms with Crippen molar-refractivity contribution in [1.29, 1.82) is 0 Å². The zero-order valence-corrected chi connectivity index (χ0v) is 19.6. The fourth-order valence-electron chi connectivity index (χ4n) is 3.79. The summed E-state index contributed by atoms with van der Waals surface area (Å²) >= 11 is 1.51. The standard InChI is InChI=1S/C26H26N2O4S/c1-26(25(30)27-21-14-13-19(31-2)15-22(21)32-3)17-33-23-12-8-7-11-20(23)24(29)28(26)16-18-9-5-4-6-10-18/h4-15H,16-17H2,1-3H3,(H,27,30)/t26-/m0/s1. The number of hydrogen-bond acceptors (Lipinski definition) is 5. The van der Waals surface area contributed by atoms with Crippen LogP contribution in [0.25, 0.3) is 0 Å². The Bertz CT molecular complexity index is 1170. The van der Waals surface area contributed by atoms with E-state index in [-0.39, 0.29) is 11.8 Å². The number of rotatable bonds is 6. The van der Waals surface area contributed by atoms with Gasteiger partial charge < -0.3 is 19.7 Å². The molecular formula is C26H26N2O4S. The lowest BCUT2D eigenvalue weighted by Crippen LogP contribution is -2.57. The zero-order valence-electron chi connectivity index (χ0n) is 18.8. The number of methoxy groups -OCH3 is 2. The normalized spacial score (nSPS) is 17.7. The molecule has 4 rings (SSSR count). The van der Waals surface area contributed by atoms with Crippen molar-refractivity contribution in [2.45, 2.75) is 23.9 Å². The van der Waals surface area contributed by atoms with Gasteiger partial charge in [0.25, 0.3) is 11.8 Å². The number of amides is 2. The maximum Gasteiger partial charge on any atom is 0.256 e. The maximum absolute atomic E-state index is 13.8. The van der Waals surface area contributed by atoms with Crippen LogP contribution in [0, 0.1) is 0 Å². The van der Waals surface area contributed by atoms with Crippen LogP contribution in [-0.2, 0) is 11.3 Å². The quantitative estimate of drug-likeness (QED) is 0.567. The second-order valence-corrected chi connectivity index (χ2v) is 8.97. The van der Waals surface area contributed by atoms with E-state index in [0.717, 1.165) is 10.5 Å². The molecule has 0 saturated carbocycles. The van der Waals surface area contributed by atoms with Crippen molar-refractivity contribution in [3.05, 3.63) is 83.9 Å². The van der Waals surface area contributed by atoms with E-state index in [4.69, 9.17) is 9.47 Å². The van der Waals surface area contributed by atoms with Crippen LogP contribution in [0.15, 0.2) is 77.7 Å². The molecule has 1 atom stereocenters. The lowest BCUT2D eigenvalue weighted by Gasteiger charge is -2.38. The molecule has 2 amide bonds. The molecule has 0 unspecified atom stereocenters. The van der Waals surface area contributed by atoms with Crippen LogP contribution < -0.4 is 14.8 Å². The molecule has 0 radical (unpaired) electrons. The molecule has 3 aromatic rings. The van der Waals surface area contributed by atoms with Gasteiger partial charge in [-0.3, -0.25) is 9.59 Å². The molecule has 0 spiro atoms. The minimum Gasteiger partial charge on any atom is -0.497 e. The molecule has 0 aromatic heterocycles. The number of carbonyl (C=O) groups is 2. The topological polar surface area (TPSA) is 67.9 Å². The number of anilines is 1. The van der Waals surface area contributed by atoms with E-state index in [1.165, 1.54) is 18.9 Å². The van der Waals surface area contributed by atoms with Gasteiger partial charge in [-0.15, -0.1) is 11.8 Å². The Morgan fingerprint density at radius 3 is 2.48 bits per heavy atom. The van der Waals surface area contributed by atoms with Gasteiger partial charge in [-0.05, 0) is 36.8 Å². The average molecular weight is 463 g/mol. The van der Waals surface area contributed by atoms with Gasteiger partial charge in [0.2, 0.25) is 0 Å². The van der Waals surface area contributed by atoms with E-state index in [1.54, 1.807) is 30.2 Å². The maximum atomic E-state index is 13.8. The summed E-state index contributed by atoms with van der Waals surface area (Å²) in [4.78, 5) is 30.0. The van der Waals surface area contributed by atoms with Crippen LogP contribution in [0.5, 0.6) is 11.5 Å². The Morgan fingerprint density at radius 2 is 1.76 bits per heavy atom. The van der Waals surface area contributed by atoms with Crippen molar-refractivity contribution in [2.75, 3.05) is 25.3 Å². The number of nitrogens with zero attached hydrogens (tertiary/aromatic N) is 1. The number of carbonyl (C=O) groups excluding carboxylic acids is 2. The Morgan fingerprint density at radius 1 is 1.03 bits per heavy atom. The van der Waals surface area contributed by atoms with Gasteiger partial charge in [-0.1, -0.05) is 42.5 Å². The molecular weight excluding hydrogens is 436 g/mol. The molecule has 0 aliphatic carbocycles. The van der Waals surface area contributed by atoms with Gasteiger partial charge in [0.1, 0.15) is 17.0 Å². The molecule has 1 aliphatic rings. The summed E-state index contributed by atoms with van der Waals surface area (Å²) in [6, 6.07) is 22.4. The van der Waals surface area contributed by atoms with Crippen LogP contribution in [0.3, 0.4) is 0 Å². The molecule has 170 valence electrons. The third kappa shape index (κ3) is 4.54. The third-order valence-corrected chi connectivity index (χ3v) is 7.17. The number of fused-ring (bicyclic) bond motifs is 1. The van der Waals surface area contributed by atoms with Gasteiger partial charge in [0, 0.05) is 23.3 Å². The zero-order chi connectivity index (χ0) is 23.4. The lowest BCUT2D eigenvalue weighted by molar-refractivity contribution is -0.125. The fourth-order valence-corrected chi connectivity index (χ4v) is 5.00. The average Bonchev–Trinajstić information content (AvgIpc) is 2.96. The largest absolute Gasteiger partial charge is 0.497 e. The molecule has 1 heterocycles.